The summed E-state index contributed by atoms with van der Waals surface area (Å²) in [4.78, 5) is 16.6. The predicted molar refractivity (Wildman–Crippen MR) is 97.9 cm³/mol. The number of anilines is 1. The molecule has 0 spiro atoms. The van der Waals surface area contributed by atoms with Crippen LogP contribution in [0.2, 0.25) is 5.02 Å². The lowest BCUT2D eigenvalue weighted by Gasteiger charge is -2.16. The Morgan fingerprint density at radius 3 is 2.37 bits per heavy atom. The van der Waals surface area contributed by atoms with Crippen LogP contribution in [0.15, 0.2) is 35.3 Å². The number of benzene rings is 1. The number of carbonyl (C=O) groups is 1. The third-order valence-electron chi connectivity index (χ3n) is 3.18. The van der Waals surface area contributed by atoms with Crippen LogP contribution in [0.3, 0.4) is 0 Å². The first-order valence-electron chi connectivity index (χ1n) is 7.95. The van der Waals surface area contributed by atoms with Crippen LogP contribution in [0.25, 0.3) is 0 Å². The van der Waals surface area contributed by atoms with Crippen molar-refractivity contribution in [2.45, 2.75) is 26.9 Å². The fraction of sp³-hybridized carbons (Fsp3) is 0.353. The summed E-state index contributed by atoms with van der Waals surface area (Å²) in [6.07, 6.45) is -4.55. The van der Waals surface area contributed by atoms with Crippen molar-refractivity contribution < 1.29 is 18.0 Å². The van der Waals surface area contributed by atoms with Crippen LogP contribution in [0.1, 0.15) is 36.8 Å². The summed E-state index contributed by atoms with van der Waals surface area (Å²) in [5.41, 5.74) is -0.882. The number of amides is 1. The van der Waals surface area contributed by atoms with E-state index in [0.29, 0.717) is 17.1 Å². The molecule has 0 unspecified atom stereocenters. The molecule has 6 nitrogen and oxygen atoms in total. The highest BCUT2D eigenvalue weighted by atomic mass is 35.5. The SMILES string of the molecule is CC(C)(C)CN=C(NC(=O)c1ccc(Cl)cc1)Nc1cc(C(F)(F)F)[nH]n1. The van der Waals surface area contributed by atoms with Gasteiger partial charge in [-0.05, 0) is 29.7 Å². The number of aromatic nitrogens is 2. The van der Waals surface area contributed by atoms with Gasteiger partial charge in [-0.1, -0.05) is 32.4 Å². The summed E-state index contributed by atoms with van der Waals surface area (Å²) in [5, 5.41) is 11.1. The van der Waals surface area contributed by atoms with E-state index in [2.05, 4.69) is 20.7 Å². The number of hydrogen-bond donors (Lipinski definition) is 3. The van der Waals surface area contributed by atoms with Crippen molar-refractivity contribution in [1.29, 1.82) is 0 Å². The van der Waals surface area contributed by atoms with Gasteiger partial charge >= 0.3 is 6.18 Å². The third kappa shape index (κ3) is 6.59. The summed E-state index contributed by atoms with van der Waals surface area (Å²) in [5.74, 6) is -0.616. The summed E-state index contributed by atoms with van der Waals surface area (Å²) >= 11 is 5.80. The number of rotatable bonds is 3. The number of H-pyrrole nitrogens is 1. The highest BCUT2D eigenvalue weighted by Crippen LogP contribution is 2.28. The van der Waals surface area contributed by atoms with Gasteiger partial charge in [0, 0.05) is 23.2 Å². The molecule has 2 rings (SSSR count). The van der Waals surface area contributed by atoms with Gasteiger partial charge in [0.05, 0.1) is 0 Å². The van der Waals surface area contributed by atoms with E-state index in [1.807, 2.05) is 25.9 Å². The maximum atomic E-state index is 12.7. The van der Waals surface area contributed by atoms with Gasteiger partial charge in [0.2, 0.25) is 5.96 Å². The standard InChI is InChI=1S/C17H19ClF3N5O/c1-16(2,3)9-22-15(23-13-8-12(25-26-13)17(19,20)21)24-14(27)10-4-6-11(18)7-5-10/h4-8H,9H2,1-3H3,(H3,22,23,24,25,26,27). The Morgan fingerprint density at radius 2 is 1.85 bits per heavy atom. The molecule has 0 aliphatic heterocycles. The largest absolute Gasteiger partial charge is 0.432 e. The Balaban J connectivity index is 2.19. The van der Waals surface area contributed by atoms with Crippen molar-refractivity contribution in [1.82, 2.24) is 15.5 Å². The van der Waals surface area contributed by atoms with Crippen LogP contribution in [0.4, 0.5) is 19.0 Å². The van der Waals surface area contributed by atoms with Gasteiger partial charge in [-0.15, -0.1) is 0 Å². The molecule has 10 heteroatoms. The Kier molecular flexibility index (Phi) is 6.15. The summed E-state index contributed by atoms with van der Waals surface area (Å²) < 4.78 is 38.1. The van der Waals surface area contributed by atoms with Gasteiger partial charge < -0.3 is 5.32 Å². The van der Waals surface area contributed by atoms with Crippen molar-refractivity contribution in [2.24, 2.45) is 10.4 Å². The van der Waals surface area contributed by atoms with E-state index in [-0.39, 0.29) is 17.2 Å². The fourth-order valence-corrected chi connectivity index (χ4v) is 1.99. The quantitative estimate of drug-likeness (QED) is 0.529. The zero-order valence-corrected chi connectivity index (χ0v) is 15.7. The number of guanidine groups is 1. The van der Waals surface area contributed by atoms with E-state index in [9.17, 15) is 18.0 Å². The van der Waals surface area contributed by atoms with Crippen molar-refractivity contribution in [3.8, 4) is 0 Å². The lowest BCUT2D eigenvalue weighted by Crippen LogP contribution is -2.37. The van der Waals surface area contributed by atoms with Crippen LogP contribution >= 0.6 is 11.6 Å². The number of carbonyl (C=O) groups excluding carboxylic acids is 1. The molecule has 1 amide bonds. The molecule has 0 aliphatic rings. The van der Waals surface area contributed by atoms with Crippen LogP contribution in [0.5, 0.6) is 0 Å². The number of halogens is 4. The smallest absolute Gasteiger partial charge is 0.309 e. The third-order valence-corrected chi connectivity index (χ3v) is 3.43. The molecule has 1 aromatic carbocycles. The first-order chi connectivity index (χ1) is 12.4. The topological polar surface area (TPSA) is 82.2 Å². The molecule has 0 saturated carbocycles. The van der Waals surface area contributed by atoms with E-state index >= 15 is 0 Å². The van der Waals surface area contributed by atoms with Crippen molar-refractivity contribution >= 4 is 29.3 Å². The van der Waals surface area contributed by atoms with Gasteiger partial charge in [-0.25, -0.2) is 0 Å². The average molecular weight is 402 g/mol. The Hall–Kier alpha value is -2.55. The highest BCUT2D eigenvalue weighted by molar-refractivity contribution is 6.30. The molecule has 0 saturated heterocycles. The van der Waals surface area contributed by atoms with E-state index in [1.54, 1.807) is 12.1 Å². The first kappa shape index (κ1) is 20.8. The molecule has 2 aromatic rings. The molecule has 0 radical (unpaired) electrons. The average Bonchev–Trinajstić information content (AvgIpc) is 3.01. The van der Waals surface area contributed by atoms with Crippen molar-refractivity contribution in [2.75, 3.05) is 11.9 Å². The lowest BCUT2D eigenvalue weighted by molar-refractivity contribution is -0.141. The summed E-state index contributed by atoms with van der Waals surface area (Å²) in [6, 6.07) is 6.95. The van der Waals surface area contributed by atoms with Crippen molar-refractivity contribution in [3.05, 3.63) is 46.6 Å². The zero-order chi connectivity index (χ0) is 20.2. The minimum atomic E-state index is -4.55. The fourth-order valence-electron chi connectivity index (χ4n) is 1.86. The number of nitrogens with one attached hydrogen (secondary N) is 3. The summed E-state index contributed by atoms with van der Waals surface area (Å²) in [7, 11) is 0. The second-order valence-electron chi connectivity index (χ2n) is 6.98. The van der Waals surface area contributed by atoms with Crippen LogP contribution in [-0.4, -0.2) is 28.6 Å². The minimum Gasteiger partial charge on any atom is -0.309 e. The second-order valence-corrected chi connectivity index (χ2v) is 7.41. The maximum Gasteiger partial charge on any atom is 0.432 e. The molecule has 0 aliphatic carbocycles. The molecular formula is C17H19ClF3N5O. The maximum absolute atomic E-state index is 12.7. The van der Waals surface area contributed by atoms with Gasteiger partial charge in [0.15, 0.2) is 5.82 Å². The van der Waals surface area contributed by atoms with Gasteiger partial charge in [0.1, 0.15) is 5.69 Å². The number of hydrogen-bond acceptors (Lipinski definition) is 3. The molecular weight excluding hydrogens is 383 g/mol. The van der Waals surface area contributed by atoms with E-state index in [0.717, 1.165) is 6.07 Å². The number of aromatic amines is 1. The molecule has 1 heterocycles. The normalized spacial score (nSPS) is 12.8. The molecule has 0 atom stereocenters. The highest BCUT2D eigenvalue weighted by Gasteiger charge is 2.33. The zero-order valence-electron chi connectivity index (χ0n) is 14.9. The number of aliphatic imine (C=N–C) groups is 1. The summed E-state index contributed by atoms with van der Waals surface area (Å²) in [6.45, 7) is 6.13. The molecule has 0 fully saturated rings. The Labute approximate surface area is 159 Å². The molecule has 3 N–H and O–H groups in total. The Bertz CT molecular complexity index is 822. The first-order valence-corrected chi connectivity index (χ1v) is 8.33. The van der Waals surface area contributed by atoms with Gasteiger partial charge in [-0.2, -0.15) is 18.3 Å². The minimum absolute atomic E-state index is 0.00917. The van der Waals surface area contributed by atoms with E-state index in [4.69, 9.17) is 11.6 Å². The monoisotopic (exact) mass is 401 g/mol. The predicted octanol–water partition coefficient (Wildman–Crippen LogP) is 4.33. The number of alkyl halides is 3. The molecule has 146 valence electrons. The molecule has 1 aromatic heterocycles. The number of nitrogens with zero attached hydrogens (tertiary/aromatic N) is 2. The van der Waals surface area contributed by atoms with Crippen LogP contribution in [0, 0.1) is 5.41 Å². The van der Waals surface area contributed by atoms with Crippen molar-refractivity contribution in [3.63, 3.8) is 0 Å². The van der Waals surface area contributed by atoms with Gasteiger partial charge in [0.25, 0.3) is 5.91 Å². The van der Waals surface area contributed by atoms with E-state index < -0.39 is 17.8 Å². The van der Waals surface area contributed by atoms with Crippen LogP contribution in [-0.2, 0) is 6.18 Å². The van der Waals surface area contributed by atoms with Crippen LogP contribution < -0.4 is 10.6 Å². The molecule has 0 bridgehead atoms. The molecule has 27 heavy (non-hydrogen) atoms. The van der Waals surface area contributed by atoms with E-state index in [1.165, 1.54) is 12.1 Å². The Morgan fingerprint density at radius 1 is 1.22 bits per heavy atom. The lowest BCUT2D eigenvalue weighted by atomic mass is 9.97. The second kappa shape index (κ2) is 7.99. The van der Waals surface area contributed by atoms with Gasteiger partial charge in [-0.3, -0.25) is 20.2 Å².